The molecule has 3 amide bonds. The molecular formula is C21H20N6O4S. The number of ether oxygens (including phenoxy) is 2. The molecule has 3 heterocycles. The lowest BCUT2D eigenvalue weighted by Crippen LogP contribution is -2.35. The first-order chi connectivity index (χ1) is 15.6. The van der Waals surface area contributed by atoms with Crippen LogP contribution in [0.15, 0.2) is 60.5 Å². The van der Waals surface area contributed by atoms with Crippen molar-refractivity contribution in [2.45, 2.75) is 11.7 Å². The fourth-order valence-corrected chi connectivity index (χ4v) is 3.73. The summed E-state index contributed by atoms with van der Waals surface area (Å²) in [6.45, 7) is 5.16. The number of thioether (sulfide) groups is 1. The third kappa shape index (κ3) is 5.06. The molecule has 0 unspecified atom stereocenters. The molecule has 0 spiro atoms. The normalized spacial score (nSPS) is 12.1. The van der Waals surface area contributed by atoms with Crippen LogP contribution in [0.5, 0.6) is 11.5 Å². The summed E-state index contributed by atoms with van der Waals surface area (Å²) in [5.41, 5.74) is 1.34. The van der Waals surface area contributed by atoms with E-state index in [1.165, 1.54) is 11.8 Å². The number of rotatable bonds is 7. The second-order valence-corrected chi connectivity index (χ2v) is 7.53. The molecule has 32 heavy (non-hydrogen) atoms. The second-order valence-electron chi connectivity index (χ2n) is 6.59. The number of fused-ring (bicyclic) bond motifs is 1. The summed E-state index contributed by atoms with van der Waals surface area (Å²) >= 11 is 1.17. The number of aromatic nitrogens is 4. The zero-order chi connectivity index (χ0) is 22.3. The van der Waals surface area contributed by atoms with Crippen molar-refractivity contribution in [3.05, 3.63) is 55.4 Å². The number of nitrogens with zero attached hydrogens (tertiary/aromatic N) is 4. The topological polar surface area (TPSA) is 120 Å². The van der Waals surface area contributed by atoms with Crippen LogP contribution in [0.3, 0.4) is 0 Å². The van der Waals surface area contributed by atoms with Gasteiger partial charge in [-0.25, -0.2) is 4.79 Å². The van der Waals surface area contributed by atoms with E-state index in [0.29, 0.717) is 47.9 Å². The minimum Gasteiger partial charge on any atom is -0.486 e. The molecule has 0 saturated heterocycles. The Kier molecular flexibility index (Phi) is 6.66. The number of carbonyl (C=O) groups excluding carboxylic acids is 2. The summed E-state index contributed by atoms with van der Waals surface area (Å²) in [5, 5.41) is 13.8. The van der Waals surface area contributed by atoms with Crippen molar-refractivity contribution in [3.63, 3.8) is 0 Å². The molecule has 0 radical (unpaired) electrons. The van der Waals surface area contributed by atoms with Gasteiger partial charge < -0.3 is 14.8 Å². The van der Waals surface area contributed by atoms with Gasteiger partial charge in [-0.1, -0.05) is 17.8 Å². The number of amides is 3. The number of hydrogen-bond acceptors (Lipinski definition) is 8. The lowest BCUT2D eigenvalue weighted by molar-refractivity contribution is -0.117. The zero-order valence-electron chi connectivity index (χ0n) is 17.0. The van der Waals surface area contributed by atoms with Crippen molar-refractivity contribution >= 4 is 29.4 Å². The molecule has 0 fully saturated rings. The summed E-state index contributed by atoms with van der Waals surface area (Å²) < 4.78 is 12.8. The average molecular weight is 452 g/mol. The monoisotopic (exact) mass is 452 g/mol. The van der Waals surface area contributed by atoms with Crippen molar-refractivity contribution < 1.29 is 19.1 Å². The Morgan fingerprint density at radius 3 is 2.69 bits per heavy atom. The second kappa shape index (κ2) is 9.96. The van der Waals surface area contributed by atoms with Gasteiger partial charge in [0.25, 0.3) is 0 Å². The van der Waals surface area contributed by atoms with E-state index >= 15 is 0 Å². The highest BCUT2D eigenvalue weighted by atomic mass is 32.2. The lowest BCUT2D eigenvalue weighted by atomic mass is 10.2. The lowest BCUT2D eigenvalue weighted by Gasteiger charge is -2.19. The van der Waals surface area contributed by atoms with Crippen LogP contribution in [-0.2, 0) is 11.3 Å². The molecule has 0 saturated carbocycles. The Morgan fingerprint density at radius 1 is 1.12 bits per heavy atom. The van der Waals surface area contributed by atoms with E-state index in [9.17, 15) is 9.59 Å². The molecule has 2 N–H and O–H groups in total. The summed E-state index contributed by atoms with van der Waals surface area (Å²) in [5.74, 6) is 1.32. The van der Waals surface area contributed by atoms with E-state index < -0.39 is 11.9 Å². The van der Waals surface area contributed by atoms with E-state index in [4.69, 9.17) is 9.47 Å². The van der Waals surface area contributed by atoms with E-state index in [-0.39, 0.29) is 5.75 Å². The van der Waals surface area contributed by atoms with Crippen LogP contribution in [0.4, 0.5) is 10.5 Å². The Balaban J connectivity index is 1.34. The van der Waals surface area contributed by atoms with Gasteiger partial charge in [0.15, 0.2) is 22.5 Å². The number of carbonyl (C=O) groups is 2. The number of imide groups is 1. The number of hydrogen-bond donors (Lipinski definition) is 2. The van der Waals surface area contributed by atoms with Crippen LogP contribution >= 0.6 is 11.8 Å². The maximum Gasteiger partial charge on any atom is 0.325 e. The highest BCUT2D eigenvalue weighted by Gasteiger charge is 2.17. The highest BCUT2D eigenvalue weighted by molar-refractivity contribution is 7.99. The van der Waals surface area contributed by atoms with Gasteiger partial charge in [0.05, 0.1) is 5.75 Å². The number of pyridine rings is 1. The smallest absolute Gasteiger partial charge is 0.325 e. The minimum atomic E-state index is -0.641. The largest absolute Gasteiger partial charge is 0.486 e. The molecule has 1 aliphatic rings. The van der Waals surface area contributed by atoms with Crippen LogP contribution in [0.2, 0.25) is 0 Å². The predicted molar refractivity (Wildman–Crippen MR) is 119 cm³/mol. The van der Waals surface area contributed by atoms with Crippen LogP contribution in [0.25, 0.3) is 11.4 Å². The van der Waals surface area contributed by atoms with Crippen LogP contribution in [0.1, 0.15) is 0 Å². The summed E-state index contributed by atoms with van der Waals surface area (Å²) in [6, 6.07) is 8.03. The van der Waals surface area contributed by atoms with Crippen molar-refractivity contribution in [2.75, 3.05) is 24.3 Å². The van der Waals surface area contributed by atoms with Crippen LogP contribution < -0.4 is 20.1 Å². The van der Waals surface area contributed by atoms with Gasteiger partial charge >= 0.3 is 6.03 Å². The summed E-state index contributed by atoms with van der Waals surface area (Å²) in [6.07, 6.45) is 5.06. The maximum absolute atomic E-state index is 12.3. The number of nitrogens with one attached hydrogen (secondary N) is 2. The van der Waals surface area contributed by atoms with Crippen molar-refractivity contribution in [3.8, 4) is 22.9 Å². The van der Waals surface area contributed by atoms with Gasteiger partial charge in [0.2, 0.25) is 5.91 Å². The number of anilines is 1. The first kappa shape index (κ1) is 21.4. The van der Waals surface area contributed by atoms with E-state index in [2.05, 4.69) is 32.4 Å². The average Bonchev–Trinajstić information content (AvgIpc) is 3.21. The fourth-order valence-electron chi connectivity index (χ4n) is 2.98. The van der Waals surface area contributed by atoms with Crippen LogP contribution in [0, 0.1) is 0 Å². The molecular weight excluding hydrogens is 432 g/mol. The molecule has 4 rings (SSSR count). The van der Waals surface area contributed by atoms with E-state index in [1.54, 1.807) is 36.7 Å². The van der Waals surface area contributed by atoms with Gasteiger partial charge in [-0.2, -0.15) is 0 Å². The maximum atomic E-state index is 12.3. The SMILES string of the molecule is C=CCn1c(SCC(=O)NC(=O)Nc2ccc3c(c2)OCCO3)nnc1-c1ccncc1. The summed E-state index contributed by atoms with van der Waals surface area (Å²) in [4.78, 5) is 28.5. The third-order valence-electron chi connectivity index (χ3n) is 4.35. The molecule has 0 aliphatic carbocycles. The standard InChI is InChI=1S/C21H20N6O4S/c1-2-9-27-19(14-5-7-22-8-6-14)25-26-21(27)32-13-18(28)24-20(29)23-15-3-4-16-17(12-15)31-11-10-30-16/h2-8,12H,1,9-11,13H2,(H2,23,24,28,29). The number of urea groups is 1. The van der Waals surface area contributed by atoms with Gasteiger partial charge in [-0.3, -0.25) is 19.7 Å². The molecule has 0 bridgehead atoms. The zero-order valence-corrected chi connectivity index (χ0v) is 17.8. The van der Waals surface area contributed by atoms with E-state index in [0.717, 1.165) is 5.56 Å². The Morgan fingerprint density at radius 2 is 1.91 bits per heavy atom. The first-order valence-corrected chi connectivity index (χ1v) is 10.7. The molecule has 11 heteroatoms. The number of allylic oxidation sites excluding steroid dienone is 1. The highest BCUT2D eigenvalue weighted by Crippen LogP contribution is 2.32. The Hall–Kier alpha value is -3.86. The van der Waals surface area contributed by atoms with Crippen molar-refractivity contribution in [2.24, 2.45) is 0 Å². The summed E-state index contributed by atoms with van der Waals surface area (Å²) in [7, 11) is 0. The molecule has 164 valence electrons. The van der Waals surface area contributed by atoms with Gasteiger partial charge in [-0.15, -0.1) is 16.8 Å². The minimum absolute atomic E-state index is 0.0137. The molecule has 3 aromatic rings. The van der Waals surface area contributed by atoms with Gasteiger partial charge in [-0.05, 0) is 24.3 Å². The molecule has 0 atom stereocenters. The molecule has 2 aromatic heterocycles. The number of benzene rings is 1. The molecule has 10 nitrogen and oxygen atoms in total. The van der Waals surface area contributed by atoms with Crippen LogP contribution in [-0.4, -0.2) is 50.7 Å². The van der Waals surface area contributed by atoms with Gasteiger partial charge in [0.1, 0.15) is 13.2 Å². The predicted octanol–water partition coefficient (Wildman–Crippen LogP) is 2.74. The van der Waals surface area contributed by atoms with Crippen molar-refractivity contribution in [1.29, 1.82) is 0 Å². The Labute approximate surface area is 188 Å². The first-order valence-electron chi connectivity index (χ1n) is 9.72. The quantitative estimate of drug-likeness (QED) is 0.415. The molecule has 1 aliphatic heterocycles. The third-order valence-corrected chi connectivity index (χ3v) is 5.32. The van der Waals surface area contributed by atoms with Gasteiger partial charge in [0, 0.05) is 36.3 Å². The fraction of sp³-hybridized carbons (Fsp3) is 0.190. The van der Waals surface area contributed by atoms with Crippen molar-refractivity contribution in [1.82, 2.24) is 25.1 Å². The molecule has 1 aromatic carbocycles. The Bertz CT molecular complexity index is 1130. The van der Waals surface area contributed by atoms with E-state index in [1.807, 2.05) is 16.7 Å².